The highest BCUT2D eigenvalue weighted by Crippen LogP contribution is 2.25. The van der Waals surface area contributed by atoms with Gasteiger partial charge < -0.3 is 9.47 Å². The van der Waals surface area contributed by atoms with Gasteiger partial charge in [0.25, 0.3) is 0 Å². The highest BCUT2D eigenvalue weighted by Gasteiger charge is 2.17. The number of carbonyl (C=O) groups is 3. The summed E-state index contributed by atoms with van der Waals surface area (Å²) in [5.41, 5.74) is 3.12. The number of ketones is 1. The Balaban J connectivity index is 1.82. The van der Waals surface area contributed by atoms with Gasteiger partial charge in [-0.15, -0.1) is 13.2 Å². The lowest BCUT2D eigenvalue weighted by molar-refractivity contribution is 0.0497. The molecule has 3 aromatic carbocycles. The molecule has 0 spiro atoms. The van der Waals surface area contributed by atoms with Crippen molar-refractivity contribution >= 4 is 17.7 Å². The number of carbonyl (C=O) groups excluding carboxylic acids is 3. The molecular formula is C33H34O5. The Labute approximate surface area is 224 Å². The molecule has 0 unspecified atom stereocenters. The van der Waals surface area contributed by atoms with E-state index in [1.165, 1.54) is 6.07 Å². The average Bonchev–Trinajstić information content (AvgIpc) is 2.96. The normalized spacial score (nSPS) is 10.4. The molecule has 0 heterocycles. The van der Waals surface area contributed by atoms with Crippen LogP contribution in [0.25, 0.3) is 11.1 Å². The second kappa shape index (κ2) is 15.1. The van der Waals surface area contributed by atoms with Crippen molar-refractivity contribution in [2.45, 2.75) is 38.5 Å². The predicted molar refractivity (Wildman–Crippen MR) is 150 cm³/mol. The van der Waals surface area contributed by atoms with Crippen LogP contribution >= 0.6 is 0 Å². The van der Waals surface area contributed by atoms with Gasteiger partial charge in [0, 0.05) is 11.1 Å². The number of esters is 2. The summed E-state index contributed by atoms with van der Waals surface area (Å²) in [5, 5.41) is 0. The van der Waals surface area contributed by atoms with E-state index in [4.69, 9.17) is 9.47 Å². The Bertz CT molecular complexity index is 1190. The van der Waals surface area contributed by atoms with Gasteiger partial charge in [0.05, 0.1) is 24.3 Å². The van der Waals surface area contributed by atoms with E-state index in [2.05, 4.69) is 13.2 Å². The molecule has 3 rings (SSSR count). The molecule has 0 amide bonds. The number of unbranched alkanes of at least 4 members (excludes halogenated alkanes) is 4. The van der Waals surface area contributed by atoms with Gasteiger partial charge in [-0.25, -0.2) is 9.59 Å². The van der Waals surface area contributed by atoms with Gasteiger partial charge in [0.2, 0.25) is 0 Å². The molecule has 0 aliphatic rings. The van der Waals surface area contributed by atoms with Gasteiger partial charge in [-0.05, 0) is 67.9 Å². The van der Waals surface area contributed by atoms with Crippen molar-refractivity contribution in [3.8, 4) is 11.1 Å². The van der Waals surface area contributed by atoms with E-state index >= 15 is 0 Å². The summed E-state index contributed by atoms with van der Waals surface area (Å²) in [6.07, 6.45) is 8.61. The minimum absolute atomic E-state index is 0.0772. The quantitative estimate of drug-likeness (QED) is 0.0911. The van der Waals surface area contributed by atoms with Gasteiger partial charge in [-0.1, -0.05) is 66.7 Å². The first-order chi connectivity index (χ1) is 18.5. The van der Waals surface area contributed by atoms with Crippen molar-refractivity contribution in [2.75, 3.05) is 13.2 Å². The Morgan fingerprint density at radius 1 is 0.579 bits per heavy atom. The zero-order valence-corrected chi connectivity index (χ0v) is 21.7. The second-order valence-corrected chi connectivity index (χ2v) is 8.91. The van der Waals surface area contributed by atoms with Gasteiger partial charge >= 0.3 is 11.9 Å². The van der Waals surface area contributed by atoms with E-state index in [1.807, 2.05) is 30.4 Å². The minimum Gasteiger partial charge on any atom is -0.462 e. The molecule has 0 aliphatic carbocycles. The first-order valence-electron chi connectivity index (χ1n) is 12.9. The van der Waals surface area contributed by atoms with Gasteiger partial charge in [-0.2, -0.15) is 0 Å². The first-order valence-corrected chi connectivity index (χ1v) is 12.9. The standard InChI is InChI=1S/C33H34O5/c1-3-5-7-12-20-37-32(35)29-22-28(23-30(24-29)33(36)38-21-13-8-6-4-2)25-16-18-27(19-17-25)31(34)26-14-10-9-11-15-26/h3-4,9-11,14-19,22-24H,1-2,5-8,12-13,20-21H2. The van der Waals surface area contributed by atoms with Gasteiger partial charge in [0.15, 0.2) is 5.78 Å². The topological polar surface area (TPSA) is 69.7 Å². The first kappa shape index (κ1) is 28.3. The molecule has 0 fully saturated rings. The fraction of sp³-hybridized carbons (Fsp3) is 0.242. The maximum Gasteiger partial charge on any atom is 0.338 e. The van der Waals surface area contributed by atoms with Crippen LogP contribution in [0.3, 0.4) is 0 Å². The average molecular weight is 511 g/mol. The van der Waals surface area contributed by atoms with Crippen molar-refractivity contribution in [3.63, 3.8) is 0 Å². The smallest absolute Gasteiger partial charge is 0.338 e. The summed E-state index contributed by atoms with van der Waals surface area (Å²) in [6, 6.07) is 21.1. The number of benzene rings is 3. The number of allylic oxidation sites excluding steroid dienone is 2. The van der Waals surface area contributed by atoms with Crippen LogP contribution in [0.15, 0.2) is 98.1 Å². The molecule has 0 atom stereocenters. The lowest BCUT2D eigenvalue weighted by atomic mass is 9.97. The number of hydrogen-bond acceptors (Lipinski definition) is 5. The van der Waals surface area contributed by atoms with Crippen LogP contribution in [0.1, 0.15) is 75.2 Å². The van der Waals surface area contributed by atoms with Crippen LogP contribution in [0, 0.1) is 0 Å². The zero-order chi connectivity index (χ0) is 27.2. The lowest BCUT2D eigenvalue weighted by Crippen LogP contribution is -2.11. The highest BCUT2D eigenvalue weighted by molar-refractivity contribution is 6.09. The third kappa shape index (κ3) is 8.41. The maximum absolute atomic E-state index is 12.8. The van der Waals surface area contributed by atoms with Crippen LogP contribution in [-0.2, 0) is 9.47 Å². The molecule has 0 aromatic heterocycles. The van der Waals surface area contributed by atoms with E-state index in [0.717, 1.165) is 44.1 Å². The van der Waals surface area contributed by atoms with Crippen molar-refractivity contribution in [1.29, 1.82) is 0 Å². The number of ether oxygens (including phenoxy) is 2. The summed E-state index contributed by atoms with van der Waals surface area (Å²) in [4.78, 5) is 38.4. The molecule has 3 aromatic rings. The molecule has 0 saturated heterocycles. The summed E-state index contributed by atoms with van der Waals surface area (Å²) in [7, 11) is 0. The molecule has 196 valence electrons. The third-order valence-electron chi connectivity index (χ3n) is 5.99. The van der Waals surface area contributed by atoms with Gasteiger partial charge in [-0.3, -0.25) is 4.79 Å². The third-order valence-corrected chi connectivity index (χ3v) is 5.99. The highest BCUT2D eigenvalue weighted by atomic mass is 16.5. The molecule has 0 N–H and O–H groups in total. The van der Waals surface area contributed by atoms with Crippen LogP contribution in [0.4, 0.5) is 0 Å². The van der Waals surface area contributed by atoms with E-state index in [0.29, 0.717) is 16.7 Å². The largest absolute Gasteiger partial charge is 0.462 e. The minimum atomic E-state index is -0.499. The molecule has 0 saturated carbocycles. The molecule has 0 radical (unpaired) electrons. The van der Waals surface area contributed by atoms with Crippen LogP contribution in [-0.4, -0.2) is 30.9 Å². The van der Waals surface area contributed by atoms with Crippen LogP contribution in [0.5, 0.6) is 0 Å². The fourth-order valence-electron chi connectivity index (χ4n) is 3.88. The molecule has 38 heavy (non-hydrogen) atoms. The van der Waals surface area contributed by atoms with Crippen LogP contribution < -0.4 is 0 Å². The Hall–Kier alpha value is -4.25. The number of rotatable bonds is 15. The fourth-order valence-corrected chi connectivity index (χ4v) is 3.88. The summed E-state index contributed by atoms with van der Waals surface area (Å²) < 4.78 is 10.9. The zero-order valence-electron chi connectivity index (χ0n) is 21.7. The van der Waals surface area contributed by atoms with E-state index in [9.17, 15) is 14.4 Å². The number of hydrogen-bond donors (Lipinski definition) is 0. The van der Waals surface area contributed by atoms with E-state index < -0.39 is 11.9 Å². The van der Waals surface area contributed by atoms with Crippen molar-refractivity contribution in [2.24, 2.45) is 0 Å². The SMILES string of the molecule is C=CCCCCOC(=O)c1cc(C(=O)OCCCCC=C)cc(-c2ccc(C(=O)c3ccccc3)cc2)c1. The maximum atomic E-state index is 12.8. The monoisotopic (exact) mass is 510 g/mol. The molecular weight excluding hydrogens is 476 g/mol. The molecule has 5 heteroatoms. The molecule has 0 aliphatic heterocycles. The van der Waals surface area contributed by atoms with Crippen molar-refractivity contribution < 1.29 is 23.9 Å². The summed E-state index contributed by atoms with van der Waals surface area (Å²) in [5.74, 6) is -1.07. The molecule has 5 nitrogen and oxygen atoms in total. The lowest BCUT2D eigenvalue weighted by Gasteiger charge is -2.11. The second-order valence-electron chi connectivity index (χ2n) is 8.91. The summed E-state index contributed by atoms with van der Waals surface area (Å²) >= 11 is 0. The van der Waals surface area contributed by atoms with Crippen LogP contribution in [0.2, 0.25) is 0 Å². The van der Waals surface area contributed by atoms with E-state index in [-0.39, 0.29) is 30.1 Å². The Morgan fingerprint density at radius 3 is 1.58 bits per heavy atom. The van der Waals surface area contributed by atoms with Crippen molar-refractivity contribution in [1.82, 2.24) is 0 Å². The van der Waals surface area contributed by atoms with Crippen molar-refractivity contribution in [3.05, 3.63) is 120 Å². The Morgan fingerprint density at radius 2 is 1.08 bits per heavy atom. The Kier molecular flexibility index (Phi) is 11.3. The summed E-state index contributed by atoms with van der Waals surface area (Å²) in [6.45, 7) is 7.97. The van der Waals surface area contributed by atoms with Gasteiger partial charge in [0.1, 0.15) is 0 Å². The molecule has 0 bridgehead atoms. The van der Waals surface area contributed by atoms with E-state index in [1.54, 1.807) is 48.5 Å². The predicted octanol–water partition coefficient (Wildman–Crippen LogP) is 7.61.